The van der Waals surface area contributed by atoms with Crippen LogP contribution in [-0.4, -0.2) is 10.3 Å². The number of hydrogen-bond acceptors (Lipinski definition) is 4. The molecule has 1 aromatic heterocycles. The fourth-order valence-electron chi connectivity index (χ4n) is 2.73. The average Bonchev–Trinajstić information content (AvgIpc) is 2.64. The maximum absolute atomic E-state index is 10.1. The maximum atomic E-state index is 10.1. The Balaban J connectivity index is 2.22. The highest BCUT2D eigenvalue weighted by molar-refractivity contribution is 5.80. The molecule has 0 saturated heterocycles. The topological polar surface area (TPSA) is 72.3 Å². The van der Waals surface area contributed by atoms with Crippen molar-refractivity contribution >= 4 is 5.88 Å². The van der Waals surface area contributed by atoms with Crippen LogP contribution in [0, 0.1) is 0 Å². The molecule has 18 heavy (non-hydrogen) atoms. The van der Waals surface area contributed by atoms with E-state index in [1.54, 1.807) is 12.3 Å². The number of hydrogen-bond donors (Lipinski definition) is 2. The number of aromatic hydroxyl groups is 1. The second kappa shape index (κ2) is 4.37. The van der Waals surface area contributed by atoms with Gasteiger partial charge in [0.25, 0.3) is 0 Å². The summed E-state index contributed by atoms with van der Waals surface area (Å²) in [5.74, 6) is 0.522. The zero-order valence-electron chi connectivity index (χ0n) is 10.1. The molecule has 0 spiro atoms. The third-order valence-electron chi connectivity index (χ3n) is 3.63. The number of nitrogen functional groups attached to an aromatic ring is 1. The molecule has 3 N–H and O–H groups in total. The van der Waals surface area contributed by atoms with Crippen LogP contribution >= 0.6 is 0 Å². The molecular formula is C14H16N2O2. The SMILES string of the molecule is Nc1oncc1-c1c(O)ccc2c1CCCCC2. The lowest BCUT2D eigenvalue weighted by molar-refractivity contribution is 0.436. The number of aromatic nitrogens is 1. The number of nitrogens with zero attached hydrogens (tertiary/aromatic N) is 1. The summed E-state index contributed by atoms with van der Waals surface area (Å²) in [6.45, 7) is 0. The third kappa shape index (κ3) is 1.74. The van der Waals surface area contributed by atoms with E-state index in [1.165, 1.54) is 24.0 Å². The first-order valence-electron chi connectivity index (χ1n) is 6.31. The molecule has 0 amide bonds. The Morgan fingerprint density at radius 2 is 2.00 bits per heavy atom. The van der Waals surface area contributed by atoms with Gasteiger partial charge in [-0.15, -0.1) is 0 Å². The van der Waals surface area contributed by atoms with Crippen molar-refractivity contribution in [2.75, 3.05) is 5.73 Å². The quantitative estimate of drug-likeness (QED) is 0.756. The van der Waals surface area contributed by atoms with Crippen LogP contribution in [0.1, 0.15) is 30.4 Å². The normalized spacial score (nSPS) is 15.1. The molecule has 0 fully saturated rings. The molecular weight excluding hydrogens is 228 g/mol. The first-order chi connectivity index (χ1) is 8.77. The van der Waals surface area contributed by atoms with Gasteiger partial charge in [0.1, 0.15) is 5.75 Å². The molecule has 1 aromatic carbocycles. The summed E-state index contributed by atoms with van der Waals surface area (Å²) in [7, 11) is 0. The molecule has 0 bridgehead atoms. The number of phenolic OH excluding ortho intramolecular Hbond substituents is 1. The second-order valence-electron chi connectivity index (χ2n) is 4.76. The number of phenols is 1. The summed E-state index contributed by atoms with van der Waals surface area (Å²) >= 11 is 0. The minimum absolute atomic E-state index is 0.255. The molecule has 3 rings (SSSR count). The van der Waals surface area contributed by atoms with Gasteiger partial charge in [0, 0.05) is 5.56 Å². The van der Waals surface area contributed by atoms with E-state index in [2.05, 4.69) is 5.16 Å². The smallest absolute Gasteiger partial charge is 0.230 e. The maximum Gasteiger partial charge on any atom is 0.230 e. The van der Waals surface area contributed by atoms with Gasteiger partial charge in [-0.25, -0.2) is 0 Å². The van der Waals surface area contributed by atoms with E-state index in [1.807, 2.05) is 6.07 Å². The Hall–Kier alpha value is -1.97. The van der Waals surface area contributed by atoms with Crippen molar-refractivity contribution in [3.63, 3.8) is 0 Å². The van der Waals surface area contributed by atoms with Crippen LogP contribution in [0.15, 0.2) is 22.9 Å². The summed E-state index contributed by atoms with van der Waals surface area (Å²) in [6.07, 6.45) is 7.20. The summed E-state index contributed by atoms with van der Waals surface area (Å²) in [4.78, 5) is 0. The van der Waals surface area contributed by atoms with Crippen LogP contribution < -0.4 is 5.73 Å². The van der Waals surface area contributed by atoms with E-state index in [4.69, 9.17) is 10.3 Å². The number of anilines is 1. The third-order valence-corrected chi connectivity index (χ3v) is 3.63. The molecule has 4 nitrogen and oxygen atoms in total. The molecule has 2 aromatic rings. The minimum Gasteiger partial charge on any atom is -0.507 e. The molecule has 1 aliphatic carbocycles. The van der Waals surface area contributed by atoms with Crippen LogP contribution in [-0.2, 0) is 12.8 Å². The van der Waals surface area contributed by atoms with E-state index in [0.29, 0.717) is 5.56 Å². The van der Waals surface area contributed by atoms with Crippen LogP contribution in [0.2, 0.25) is 0 Å². The minimum atomic E-state index is 0.255. The lowest BCUT2D eigenvalue weighted by atomic mass is 9.93. The zero-order chi connectivity index (χ0) is 12.5. The van der Waals surface area contributed by atoms with Crippen molar-refractivity contribution in [3.05, 3.63) is 29.5 Å². The Morgan fingerprint density at radius 3 is 2.78 bits per heavy atom. The highest BCUT2D eigenvalue weighted by Gasteiger charge is 2.20. The largest absolute Gasteiger partial charge is 0.507 e. The van der Waals surface area contributed by atoms with Gasteiger partial charge in [0.15, 0.2) is 0 Å². The molecule has 4 heteroatoms. The van der Waals surface area contributed by atoms with E-state index < -0.39 is 0 Å². The molecule has 0 saturated carbocycles. The molecule has 0 radical (unpaired) electrons. The molecule has 1 aliphatic rings. The fourth-order valence-corrected chi connectivity index (χ4v) is 2.73. The van der Waals surface area contributed by atoms with Crippen LogP contribution in [0.5, 0.6) is 5.75 Å². The van der Waals surface area contributed by atoms with Crippen molar-refractivity contribution < 1.29 is 9.63 Å². The monoisotopic (exact) mass is 244 g/mol. The van der Waals surface area contributed by atoms with Gasteiger partial charge in [-0.05, 0) is 42.9 Å². The van der Waals surface area contributed by atoms with Crippen molar-refractivity contribution in [1.29, 1.82) is 0 Å². The van der Waals surface area contributed by atoms with Gasteiger partial charge in [-0.3, -0.25) is 0 Å². The first kappa shape index (κ1) is 11.1. The van der Waals surface area contributed by atoms with Gasteiger partial charge in [0.2, 0.25) is 5.88 Å². The van der Waals surface area contributed by atoms with E-state index in [-0.39, 0.29) is 11.6 Å². The Bertz CT molecular complexity index is 575. The average molecular weight is 244 g/mol. The first-order valence-corrected chi connectivity index (χ1v) is 6.31. The number of fused-ring (bicyclic) bond motifs is 1. The standard InChI is InChI=1S/C14H16N2O2/c15-14-11(8-16-18-14)13-10-5-3-1-2-4-9(10)6-7-12(13)17/h6-8,17H,1-5,15H2. The highest BCUT2D eigenvalue weighted by Crippen LogP contribution is 2.39. The predicted octanol–water partition coefficient (Wildman–Crippen LogP) is 2.90. The lowest BCUT2D eigenvalue weighted by Crippen LogP contribution is -1.96. The van der Waals surface area contributed by atoms with Gasteiger partial charge < -0.3 is 15.4 Å². The molecule has 0 unspecified atom stereocenters. The second-order valence-corrected chi connectivity index (χ2v) is 4.76. The molecule has 0 atom stereocenters. The van der Waals surface area contributed by atoms with Crippen LogP contribution in [0.25, 0.3) is 11.1 Å². The van der Waals surface area contributed by atoms with Crippen molar-refractivity contribution in [2.24, 2.45) is 0 Å². The Morgan fingerprint density at radius 1 is 1.17 bits per heavy atom. The van der Waals surface area contributed by atoms with E-state index >= 15 is 0 Å². The number of rotatable bonds is 1. The lowest BCUT2D eigenvalue weighted by Gasteiger charge is -2.13. The Labute approximate surface area is 105 Å². The number of nitrogens with two attached hydrogens (primary N) is 1. The van der Waals surface area contributed by atoms with Gasteiger partial charge in [-0.1, -0.05) is 17.6 Å². The van der Waals surface area contributed by atoms with Crippen molar-refractivity contribution in [3.8, 4) is 16.9 Å². The number of benzene rings is 1. The van der Waals surface area contributed by atoms with Crippen LogP contribution in [0.4, 0.5) is 5.88 Å². The highest BCUT2D eigenvalue weighted by atomic mass is 16.5. The summed E-state index contributed by atoms with van der Waals surface area (Å²) in [6, 6.07) is 3.76. The summed E-state index contributed by atoms with van der Waals surface area (Å²) in [5, 5.41) is 13.8. The zero-order valence-corrected chi connectivity index (χ0v) is 10.1. The van der Waals surface area contributed by atoms with Crippen molar-refractivity contribution in [2.45, 2.75) is 32.1 Å². The summed E-state index contributed by atoms with van der Waals surface area (Å²) < 4.78 is 4.91. The van der Waals surface area contributed by atoms with Gasteiger partial charge in [0.05, 0.1) is 11.8 Å². The van der Waals surface area contributed by atoms with Crippen molar-refractivity contribution in [1.82, 2.24) is 5.16 Å². The van der Waals surface area contributed by atoms with E-state index in [0.717, 1.165) is 24.8 Å². The van der Waals surface area contributed by atoms with E-state index in [9.17, 15) is 5.11 Å². The molecule has 94 valence electrons. The number of aryl methyl sites for hydroxylation is 1. The van der Waals surface area contributed by atoms with Gasteiger partial charge in [-0.2, -0.15) is 0 Å². The Kier molecular flexibility index (Phi) is 2.70. The fraction of sp³-hybridized carbons (Fsp3) is 0.357. The van der Waals surface area contributed by atoms with Crippen LogP contribution in [0.3, 0.4) is 0 Å². The molecule has 1 heterocycles. The predicted molar refractivity (Wildman–Crippen MR) is 69.3 cm³/mol. The summed E-state index contributed by atoms with van der Waals surface area (Å²) in [5.41, 5.74) is 9.78. The molecule has 0 aliphatic heterocycles. The van der Waals surface area contributed by atoms with Gasteiger partial charge >= 0.3 is 0 Å².